The molecule has 154 valence electrons. The fourth-order valence-electron chi connectivity index (χ4n) is 4.60. The molecule has 0 heterocycles. The second-order valence-electron chi connectivity index (χ2n) is 7.79. The Hall–Kier alpha value is -3.50. The van der Waals surface area contributed by atoms with E-state index in [1.807, 2.05) is 24.3 Å². The summed E-state index contributed by atoms with van der Waals surface area (Å²) in [5.41, 5.74) is 1.32. The van der Waals surface area contributed by atoms with E-state index in [0.29, 0.717) is 11.4 Å². The molecule has 0 unspecified atom stereocenters. The van der Waals surface area contributed by atoms with Crippen LogP contribution in [-0.2, 0) is 0 Å². The zero-order valence-corrected chi connectivity index (χ0v) is 18.4. The molecular formula is C28H16BrF2N. The summed E-state index contributed by atoms with van der Waals surface area (Å²) in [5.74, 6) is -0.826. The van der Waals surface area contributed by atoms with Crippen LogP contribution < -0.4 is 4.90 Å². The molecule has 0 amide bonds. The molecule has 0 radical (unpaired) electrons. The highest BCUT2D eigenvalue weighted by atomic mass is 79.9. The van der Waals surface area contributed by atoms with E-state index in [0.717, 1.165) is 42.5 Å². The zero-order chi connectivity index (χ0) is 21.8. The number of hydrogen-bond donors (Lipinski definition) is 0. The Morgan fingerprint density at radius 1 is 0.500 bits per heavy atom. The first kappa shape index (κ1) is 19.2. The Bertz CT molecular complexity index is 1580. The molecule has 6 aromatic rings. The van der Waals surface area contributed by atoms with Crippen molar-refractivity contribution in [3.05, 3.63) is 113 Å². The lowest BCUT2D eigenvalue weighted by atomic mass is 9.93. The van der Waals surface area contributed by atoms with Gasteiger partial charge in [0.15, 0.2) is 0 Å². The minimum atomic E-state index is -0.413. The third-order valence-electron chi connectivity index (χ3n) is 6.02. The first-order chi connectivity index (χ1) is 15.6. The summed E-state index contributed by atoms with van der Waals surface area (Å²) in [6, 6.07) is 29.4. The van der Waals surface area contributed by atoms with Gasteiger partial charge in [-0.05, 0) is 63.3 Å². The van der Waals surface area contributed by atoms with Crippen LogP contribution in [0.25, 0.3) is 32.3 Å². The molecule has 32 heavy (non-hydrogen) atoms. The molecule has 4 heteroatoms. The molecule has 1 nitrogen and oxygen atoms in total. The summed E-state index contributed by atoms with van der Waals surface area (Å²) >= 11 is 3.67. The van der Waals surface area contributed by atoms with E-state index in [1.54, 1.807) is 41.3 Å². The number of halogens is 3. The van der Waals surface area contributed by atoms with Crippen molar-refractivity contribution in [2.75, 3.05) is 4.90 Å². The Morgan fingerprint density at radius 2 is 1.00 bits per heavy atom. The summed E-state index contributed by atoms with van der Waals surface area (Å²) in [6.45, 7) is 0. The van der Waals surface area contributed by atoms with Crippen molar-refractivity contribution < 1.29 is 8.78 Å². The van der Waals surface area contributed by atoms with Gasteiger partial charge in [-0.3, -0.25) is 0 Å². The maximum absolute atomic E-state index is 15.0. The second kappa shape index (κ2) is 7.28. The summed E-state index contributed by atoms with van der Waals surface area (Å²) in [4.78, 5) is 1.67. The molecule has 6 aromatic carbocycles. The first-order valence-electron chi connectivity index (χ1n) is 10.3. The number of rotatable bonds is 3. The molecule has 0 N–H and O–H groups in total. The van der Waals surface area contributed by atoms with Gasteiger partial charge in [0.2, 0.25) is 0 Å². The van der Waals surface area contributed by atoms with Crippen LogP contribution in [-0.4, -0.2) is 0 Å². The van der Waals surface area contributed by atoms with Gasteiger partial charge >= 0.3 is 0 Å². The maximum Gasteiger partial charge on any atom is 0.147 e. The van der Waals surface area contributed by atoms with Crippen LogP contribution in [0.3, 0.4) is 0 Å². The van der Waals surface area contributed by atoms with Crippen molar-refractivity contribution in [2.45, 2.75) is 0 Å². The van der Waals surface area contributed by atoms with Crippen molar-refractivity contribution in [3.63, 3.8) is 0 Å². The van der Waals surface area contributed by atoms with Gasteiger partial charge in [-0.2, -0.15) is 0 Å². The first-order valence-corrected chi connectivity index (χ1v) is 11.1. The van der Waals surface area contributed by atoms with E-state index in [9.17, 15) is 0 Å². The van der Waals surface area contributed by atoms with Gasteiger partial charge < -0.3 is 4.90 Å². The third kappa shape index (κ3) is 2.80. The zero-order valence-electron chi connectivity index (χ0n) is 16.8. The highest BCUT2D eigenvalue weighted by molar-refractivity contribution is 9.10. The summed E-state index contributed by atoms with van der Waals surface area (Å²) in [7, 11) is 0. The molecule has 0 fully saturated rings. The standard InChI is InChI=1S/C28H16BrF2N/c29-21-15-11-17-10-14-20-24(16-12-18-9-13-19(21)27(17)28(18)20)32(25-7-3-1-5-22(25)30)26-8-4-2-6-23(26)31/h1-16H. The molecule has 0 aromatic heterocycles. The molecule has 0 aliphatic carbocycles. The molecule has 0 atom stereocenters. The van der Waals surface area contributed by atoms with E-state index in [1.165, 1.54) is 12.1 Å². The molecule has 0 aliphatic heterocycles. The lowest BCUT2D eigenvalue weighted by Gasteiger charge is -2.28. The van der Waals surface area contributed by atoms with Crippen molar-refractivity contribution in [2.24, 2.45) is 0 Å². The average molecular weight is 484 g/mol. The summed E-state index contributed by atoms with van der Waals surface area (Å²) in [5, 5.41) is 6.48. The van der Waals surface area contributed by atoms with Crippen molar-refractivity contribution in [1.29, 1.82) is 0 Å². The SMILES string of the molecule is Fc1ccccc1N(c1ccccc1F)c1ccc2ccc3c(Br)ccc4ccc1c2c43. The minimum Gasteiger partial charge on any atom is -0.304 e. The van der Waals surface area contributed by atoms with Gasteiger partial charge in [0.1, 0.15) is 11.6 Å². The lowest BCUT2D eigenvalue weighted by molar-refractivity contribution is 0.620. The molecule has 0 spiro atoms. The Morgan fingerprint density at radius 3 is 1.62 bits per heavy atom. The van der Waals surface area contributed by atoms with Gasteiger partial charge in [-0.25, -0.2) is 8.78 Å². The number of anilines is 3. The van der Waals surface area contributed by atoms with Crippen LogP contribution in [0.15, 0.2) is 102 Å². The molecule has 0 saturated carbocycles. The van der Waals surface area contributed by atoms with Crippen LogP contribution in [0.2, 0.25) is 0 Å². The fourth-order valence-corrected chi connectivity index (χ4v) is 5.06. The Kier molecular flexibility index (Phi) is 4.37. The number of hydrogen-bond acceptors (Lipinski definition) is 1. The predicted octanol–water partition coefficient (Wildman–Crippen LogP) is 9.09. The quantitative estimate of drug-likeness (QED) is 0.227. The fraction of sp³-hybridized carbons (Fsp3) is 0. The normalized spacial score (nSPS) is 11.6. The van der Waals surface area contributed by atoms with E-state index in [2.05, 4.69) is 40.2 Å². The van der Waals surface area contributed by atoms with E-state index < -0.39 is 11.6 Å². The number of benzene rings is 6. The maximum atomic E-state index is 15.0. The van der Waals surface area contributed by atoms with Crippen molar-refractivity contribution in [3.8, 4) is 0 Å². The van der Waals surface area contributed by atoms with Crippen molar-refractivity contribution in [1.82, 2.24) is 0 Å². The Labute approximate surface area is 192 Å². The second-order valence-corrected chi connectivity index (χ2v) is 8.65. The van der Waals surface area contributed by atoms with Crippen LogP contribution in [0.4, 0.5) is 25.8 Å². The topological polar surface area (TPSA) is 3.24 Å². The van der Waals surface area contributed by atoms with Crippen molar-refractivity contribution >= 4 is 65.3 Å². The largest absolute Gasteiger partial charge is 0.304 e. The van der Waals surface area contributed by atoms with Gasteiger partial charge in [-0.15, -0.1) is 0 Å². The van der Waals surface area contributed by atoms with Gasteiger partial charge in [0.25, 0.3) is 0 Å². The summed E-state index contributed by atoms with van der Waals surface area (Å²) < 4.78 is 31.1. The van der Waals surface area contributed by atoms with Crippen LogP contribution in [0.5, 0.6) is 0 Å². The number of para-hydroxylation sites is 2. The monoisotopic (exact) mass is 483 g/mol. The minimum absolute atomic E-state index is 0.300. The molecule has 0 aliphatic rings. The molecular weight excluding hydrogens is 468 g/mol. The highest BCUT2D eigenvalue weighted by Gasteiger charge is 2.22. The molecule has 0 saturated heterocycles. The average Bonchev–Trinajstić information content (AvgIpc) is 2.82. The van der Waals surface area contributed by atoms with E-state index in [-0.39, 0.29) is 0 Å². The van der Waals surface area contributed by atoms with Crippen LogP contribution >= 0.6 is 15.9 Å². The number of nitrogens with zero attached hydrogens (tertiary/aromatic N) is 1. The third-order valence-corrected chi connectivity index (χ3v) is 6.71. The molecule has 0 bridgehead atoms. The van der Waals surface area contributed by atoms with E-state index >= 15 is 8.78 Å². The van der Waals surface area contributed by atoms with Gasteiger partial charge in [-0.1, -0.05) is 76.6 Å². The molecule has 6 rings (SSSR count). The lowest BCUT2D eigenvalue weighted by Crippen LogP contribution is -2.13. The highest BCUT2D eigenvalue weighted by Crippen LogP contribution is 2.45. The smallest absolute Gasteiger partial charge is 0.147 e. The predicted molar refractivity (Wildman–Crippen MR) is 132 cm³/mol. The van der Waals surface area contributed by atoms with Gasteiger partial charge in [0, 0.05) is 9.86 Å². The van der Waals surface area contributed by atoms with Crippen LogP contribution in [0.1, 0.15) is 0 Å². The summed E-state index contributed by atoms with van der Waals surface area (Å²) in [6.07, 6.45) is 0. The van der Waals surface area contributed by atoms with Gasteiger partial charge in [0.05, 0.1) is 17.1 Å². The van der Waals surface area contributed by atoms with Crippen LogP contribution in [0, 0.1) is 11.6 Å². The Balaban J connectivity index is 1.75. The van der Waals surface area contributed by atoms with E-state index in [4.69, 9.17) is 0 Å².